The SMILES string of the molecule is CC[C@H](/C=C/C=C/CO[Si](c1ccccc1)(c1ccccc1)C(C)(C)C)CC/C=C/C(=O)O[Si](C)(C)C. The molecule has 0 unspecified atom stereocenters. The largest absolute Gasteiger partial charge is 0.517 e. The van der Waals surface area contributed by atoms with Crippen molar-refractivity contribution in [2.75, 3.05) is 6.61 Å². The molecule has 0 N–H and O–H groups in total. The molecule has 0 heterocycles. The molecular formula is C32H46O3Si2. The summed E-state index contributed by atoms with van der Waals surface area (Å²) in [5.41, 5.74) is 0. The van der Waals surface area contributed by atoms with Gasteiger partial charge in [0.1, 0.15) is 0 Å². The number of hydrogen-bond acceptors (Lipinski definition) is 3. The summed E-state index contributed by atoms with van der Waals surface area (Å²) >= 11 is 0. The van der Waals surface area contributed by atoms with Crippen molar-refractivity contribution in [2.45, 2.75) is 71.6 Å². The van der Waals surface area contributed by atoms with E-state index in [1.54, 1.807) is 6.08 Å². The van der Waals surface area contributed by atoms with Crippen molar-refractivity contribution in [1.82, 2.24) is 0 Å². The summed E-state index contributed by atoms with van der Waals surface area (Å²) in [4.78, 5) is 11.9. The zero-order valence-corrected chi connectivity index (χ0v) is 25.9. The molecule has 0 aliphatic rings. The van der Waals surface area contributed by atoms with Crippen LogP contribution in [-0.2, 0) is 13.6 Å². The monoisotopic (exact) mass is 534 g/mol. The first-order valence-corrected chi connectivity index (χ1v) is 18.8. The maximum atomic E-state index is 11.9. The highest BCUT2D eigenvalue weighted by atomic mass is 28.4. The van der Waals surface area contributed by atoms with E-state index in [1.807, 2.05) is 25.7 Å². The van der Waals surface area contributed by atoms with E-state index in [0.29, 0.717) is 12.5 Å². The maximum Gasteiger partial charge on any atom is 0.317 e. The highest BCUT2D eigenvalue weighted by Crippen LogP contribution is 2.36. The Bertz CT molecular complexity index is 990. The lowest BCUT2D eigenvalue weighted by Gasteiger charge is -2.42. The standard InChI is InChI=1S/C32H46O3Si2/c1-8-28(21-17-18-26-31(33)35-36(5,6)7)20-12-11-19-27-34-37(32(2,3)4,29-22-13-9-14-23-29)30-24-15-10-16-25-30/h9-16,18-20,22-26,28H,8,17,21,27H2,1-7H3/b19-11+,20-12+,26-18+/t28-/m1/s1. The van der Waals surface area contributed by atoms with Gasteiger partial charge < -0.3 is 8.85 Å². The van der Waals surface area contributed by atoms with Gasteiger partial charge in [-0.05, 0) is 60.2 Å². The summed E-state index contributed by atoms with van der Waals surface area (Å²) in [6, 6.07) is 21.5. The van der Waals surface area contributed by atoms with Crippen LogP contribution in [0.4, 0.5) is 0 Å². The quantitative estimate of drug-likeness (QED) is 0.152. The van der Waals surface area contributed by atoms with Gasteiger partial charge in [-0.1, -0.05) is 119 Å². The second kappa shape index (κ2) is 14.5. The van der Waals surface area contributed by atoms with Gasteiger partial charge in [-0.25, -0.2) is 4.79 Å². The smallest absolute Gasteiger partial charge is 0.317 e. The Kier molecular flexibility index (Phi) is 12.0. The Morgan fingerprint density at radius 1 is 0.892 bits per heavy atom. The third-order valence-corrected chi connectivity index (χ3v) is 12.2. The minimum atomic E-state index is -2.50. The average Bonchev–Trinajstić information content (AvgIpc) is 2.84. The predicted octanol–water partition coefficient (Wildman–Crippen LogP) is 7.42. The Morgan fingerprint density at radius 2 is 1.46 bits per heavy atom. The van der Waals surface area contributed by atoms with Gasteiger partial charge in [0.05, 0.1) is 6.61 Å². The van der Waals surface area contributed by atoms with E-state index in [-0.39, 0.29) is 11.0 Å². The van der Waals surface area contributed by atoms with Crippen molar-refractivity contribution in [1.29, 1.82) is 0 Å². The zero-order chi connectivity index (χ0) is 27.4. The second-order valence-corrected chi connectivity index (χ2v) is 20.2. The molecule has 0 spiro atoms. The lowest BCUT2D eigenvalue weighted by atomic mass is 9.99. The fourth-order valence-corrected chi connectivity index (χ4v) is 9.73. The van der Waals surface area contributed by atoms with Gasteiger partial charge in [-0.2, -0.15) is 0 Å². The van der Waals surface area contributed by atoms with Crippen LogP contribution in [0.15, 0.2) is 97.1 Å². The summed E-state index contributed by atoms with van der Waals surface area (Å²) in [6.45, 7) is 15.7. The molecule has 200 valence electrons. The predicted molar refractivity (Wildman–Crippen MR) is 163 cm³/mol. The van der Waals surface area contributed by atoms with Crippen molar-refractivity contribution < 1.29 is 13.6 Å². The Balaban J connectivity index is 2.02. The molecule has 2 aromatic carbocycles. The first-order valence-electron chi connectivity index (χ1n) is 13.5. The van der Waals surface area contributed by atoms with Crippen LogP contribution in [0.5, 0.6) is 0 Å². The Hall–Kier alpha value is -2.48. The average molecular weight is 535 g/mol. The van der Waals surface area contributed by atoms with Crippen LogP contribution in [0.25, 0.3) is 0 Å². The fourth-order valence-electron chi connectivity index (χ4n) is 4.55. The molecule has 0 radical (unpaired) electrons. The van der Waals surface area contributed by atoms with Gasteiger partial charge >= 0.3 is 5.97 Å². The van der Waals surface area contributed by atoms with Crippen LogP contribution in [0.2, 0.25) is 24.7 Å². The lowest BCUT2D eigenvalue weighted by molar-refractivity contribution is -0.129. The van der Waals surface area contributed by atoms with Crippen LogP contribution in [0.1, 0.15) is 47.0 Å². The van der Waals surface area contributed by atoms with E-state index in [2.05, 4.69) is 113 Å². The number of hydrogen-bond donors (Lipinski definition) is 0. The van der Waals surface area contributed by atoms with Gasteiger partial charge in [-0.3, -0.25) is 0 Å². The molecule has 0 aliphatic carbocycles. The fraction of sp³-hybridized carbons (Fsp3) is 0.406. The molecule has 37 heavy (non-hydrogen) atoms. The highest BCUT2D eigenvalue weighted by Gasteiger charge is 2.49. The molecule has 5 heteroatoms. The van der Waals surface area contributed by atoms with Crippen molar-refractivity contribution in [3.8, 4) is 0 Å². The van der Waals surface area contributed by atoms with Crippen molar-refractivity contribution in [3.63, 3.8) is 0 Å². The molecule has 0 aromatic heterocycles. The number of carbonyl (C=O) groups is 1. The van der Waals surface area contributed by atoms with Crippen LogP contribution in [-0.4, -0.2) is 29.2 Å². The molecule has 1 atom stereocenters. The molecule has 2 rings (SSSR count). The van der Waals surface area contributed by atoms with Crippen molar-refractivity contribution in [3.05, 3.63) is 97.1 Å². The van der Waals surface area contributed by atoms with E-state index in [1.165, 1.54) is 10.4 Å². The van der Waals surface area contributed by atoms with Crippen LogP contribution >= 0.6 is 0 Å². The van der Waals surface area contributed by atoms with Crippen LogP contribution in [0, 0.1) is 5.92 Å². The summed E-state index contributed by atoms with van der Waals surface area (Å²) in [5.74, 6) is 0.256. The summed E-state index contributed by atoms with van der Waals surface area (Å²) < 4.78 is 12.4. The van der Waals surface area contributed by atoms with Crippen molar-refractivity contribution in [2.24, 2.45) is 5.92 Å². The normalized spacial score (nSPS) is 14.0. The third-order valence-electron chi connectivity index (χ3n) is 6.33. The van der Waals surface area contributed by atoms with E-state index < -0.39 is 16.6 Å². The summed E-state index contributed by atoms with van der Waals surface area (Å²) in [7, 11) is -4.33. The number of benzene rings is 2. The van der Waals surface area contributed by atoms with Gasteiger partial charge in [-0.15, -0.1) is 0 Å². The van der Waals surface area contributed by atoms with Crippen molar-refractivity contribution >= 4 is 33.0 Å². The van der Waals surface area contributed by atoms with Gasteiger partial charge in [0, 0.05) is 6.08 Å². The van der Waals surface area contributed by atoms with E-state index >= 15 is 0 Å². The topological polar surface area (TPSA) is 35.5 Å². The zero-order valence-electron chi connectivity index (χ0n) is 23.9. The first kappa shape index (κ1) is 30.7. The van der Waals surface area contributed by atoms with Crippen LogP contribution < -0.4 is 10.4 Å². The first-order chi connectivity index (χ1) is 17.5. The molecule has 0 aliphatic heterocycles. The molecule has 2 aromatic rings. The molecule has 3 nitrogen and oxygen atoms in total. The number of carbonyl (C=O) groups excluding carboxylic acids is 1. The molecular weight excluding hydrogens is 489 g/mol. The minimum absolute atomic E-state index is 0.0261. The Labute approximate surface area is 227 Å². The van der Waals surface area contributed by atoms with E-state index in [9.17, 15) is 4.79 Å². The maximum absolute atomic E-state index is 11.9. The van der Waals surface area contributed by atoms with Crippen LogP contribution in [0.3, 0.4) is 0 Å². The number of rotatable bonds is 13. The molecule has 0 saturated carbocycles. The summed E-state index contributed by atoms with van der Waals surface area (Å²) in [5, 5.41) is 2.57. The minimum Gasteiger partial charge on any atom is -0.517 e. The molecule has 0 saturated heterocycles. The molecule has 0 fully saturated rings. The van der Waals surface area contributed by atoms with Gasteiger partial charge in [0.15, 0.2) is 0 Å². The molecule has 0 amide bonds. The van der Waals surface area contributed by atoms with Gasteiger partial charge in [0.25, 0.3) is 8.32 Å². The van der Waals surface area contributed by atoms with Gasteiger partial charge in [0.2, 0.25) is 8.32 Å². The Morgan fingerprint density at radius 3 is 1.95 bits per heavy atom. The summed E-state index contributed by atoms with van der Waals surface area (Å²) in [6.07, 6.45) is 15.1. The van der Waals surface area contributed by atoms with E-state index in [0.717, 1.165) is 19.3 Å². The lowest BCUT2D eigenvalue weighted by Crippen LogP contribution is -2.66. The molecule has 0 bridgehead atoms. The highest BCUT2D eigenvalue weighted by molar-refractivity contribution is 6.99. The van der Waals surface area contributed by atoms with E-state index in [4.69, 9.17) is 8.85 Å². The number of allylic oxidation sites excluding steroid dienone is 4. The third kappa shape index (κ3) is 9.73. The second-order valence-electron chi connectivity index (χ2n) is 11.5.